The van der Waals surface area contributed by atoms with Crippen molar-refractivity contribution in [3.63, 3.8) is 0 Å². The Balaban J connectivity index is 3.13. The fourth-order valence-corrected chi connectivity index (χ4v) is 1.30. The number of nitriles is 1. The molecular weight excluding hydrogens is 192 g/mol. The Hall–Kier alpha value is -2.15. The molecule has 0 saturated heterocycles. The Morgan fingerprint density at radius 1 is 1.60 bits per heavy atom. The van der Waals surface area contributed by atoms with Gasteiger partial charge in [0.25, 0.3) is 5.69 Å². The molecule has 1 rings (SSSR count). The first kappa shape index (κ1) is 10.9. The van der Waals surface area contributed by atoms with E-state index in [4.69, 9.17) is 5.26 Å². The van der Waals surface area contributed by atoms with Crippen molar-refractivity contribution in [1.82, 2.24) is 0 Å². The zero-order valence-electron chi connectivity index (χ0n) is 8.30. The molecule has 0 bridgehead atoms. The summed E-state index contributed by atoms with van der Waals surface area (Å²) < 4.78 is 0. The van der Waals surface area contributed by atoms with Crippen LogP contribution in [-0.4, -0.2) is 4.92 Å². The lowest BCUT2D eigenvalue weighted by atomic mass is 10.1. The SMILES string of the molecule is Cc1cccc(C=CCC#N)c1[N+](=O)[O-]. The van der Waals surface area contributed by atoms with Gasteiger partial charge in [-0.1, -0.05) is 24.3 Å². The number of nitro groups is 1. The molecule has 15 heavy (non-hydrogen) atoms. The fraction of sp³-hybridized carbons (Fsp3) is 0.182. The van der Waals surface area contributed by atoms with E-state index in [1.807, 2.05) is 6.07 Å². The van der Waals surface area contributed by atoms with Crippen molar-refractivity contribution < 1.29 is 4.92 Å². The summed E-state index contributed by atoms with van der Waals surface area (Å²) in [7, 11) is 0. The van der Waals surface area contributed by atoms with Gasteiger partial charge < -0.3 is 0 Å². The maximum atomic E-state index is 10.8. The summed E-state index contributed by atoms with van der Waals surface area (Å²) in [5, 5.41) is 19.1. The molecule has 0 aliphatic heterocycles. The highest BCUT2D eigenvalue weighted by Gasteiger charge is 2.13. The van der Waals surface area contributed by atoms with Crippen molar-refractivity contribution in [2.45, 2.75) is 13.3 Å². The van der Waals surface area contributed by atoms with Crippen LogP contribution in [0.4, 0.5) is 5.69 Å². The molecule has 0 heterocycles. The second-order valence-corrected chi connectivity index (χ2v) is 3.03. The molecule has 0 aliphatic carbocycles. The molecule has 0 saturated carbocycles. The summed E-state index contributed by atoms with van der Waals surface area (Å²) in [6, 6.07) is 7.06. The van der Waals surface area contributed by atoms with Crippen molar-refractivity contribution in [3.05, 3.63) is 45.5 Å². The lowest BCUT2D eigenvalue weighted by molar-refractivity contribution is -0.385. The number of nitrogens with zero attached hydrogens (tertiary/aromatic N) is 2. The summed E-state index contributed by atoms with van der Waals surface area (Å²) in [5.41, 5.74) is 1.26. The maximum Gasteiger partial charge on any atom is 0.279 e. The van der Waals surface area contributed by atoms with Crippen molar-refractivity contribution in [1.29, 1.82) is 5.26 Å². The van der Waals surface area contributed by atoms with Gasteiger partial charge in [0.05, 0.1) is 23.0 Å². The van der Waals surface area contributed by atoms with E-state index in [2.05, 4.69) is 0 Å². The number of aryl methyl sites for hydroxylation is 1. The molecule has 76 valence electrons. The van der Waals surface area contributed by atoms with Crippen LogP contribution in [0.2, 0.25) is 0 Å². The van der Waals surface area contributed by atoms with Gasteiger partial charge in [0.15, 0.2) is 0 Å². The number of allylic oxidation sites excluding steroid dienone is 1. The first-order chi connectivity index (χ1) is 7.16. The van der Waals surface area contributed by atoms with E-state index < -0.39 is 4.92 Å². The Labute approximate surface area is 87.6 Å². The third-order valence-electron chi connectivity index (χ3n) is 1.96. The summed E-state index contributed by atoms with van der Waals surface area (Å²) in [6.45, 7) is 1.69. The van der Waals surface area contributed by atoms with Gasteiger partial charge in [-0.15, -0.1) is 0 Å². The molecular formula is C11H10N2O2. The number of hydrogen-bond acceptors (Lipinski definition) is 3. The molecule has 1 aromatic carbocycles. The molecule has 0 atom stereocenters. The number of hydrogen-bond donors (Lipinski definition) is 0. The van der Waals surface area contributed by atoms with Crippen LogP contribution in [-0.2, 0) is 0 Å². The lowest BCUT2D eigenvalue weighted by Crippen LogP contribution is -1.94. The zero-order valence-corrected chi connectivity index (χ0v) is 8.30. The minimum absolute atomic E-state index is 0.103. The van der Waals surface area contributed by atoms with Gasteiger partial charge in [0.2, 0.25) is 0 Å². The van der Waals surface area contributed by atoms with E-state index in [-0.39, 0.29) is 12.1 Å². The summed E-state index contributed by atoms with van der Waals surface area (Å²) in [5.74, 6) is 0. The average molecular weight is 202 g/mol. The Bertz CT molecular complexity index is 444. The van der Waals surface area contributed by atoms with E-state index in [0.29, 0.717) is 11.1 Å². The molecule has 4 heteroatoms. The van der Waals surface area contributed by atoms with Crippen LogP contribution in [0.3, 0.4) is 0 Å². The van der Waals surface area contributed by atoms with Crippen molar-refractivity contribution in [2.75, 3.05) is 0 Å². The van der Waals surface area contributed by atoms with Gasteiger partial charge in [-0.05, 0) is 13.0 Å². The highest BCUT2D eigenvalue weighted by molar-refractivity contribution is 5.63. The molecule has 0 aromatic heterocycles. The van der Waals surface area contributed by atoms with Crippen LogP contribution >= 0.6 is 0 Å². The van der Waals surface area contributed by atoms with E-state index in [0.717, 1.165) is 0 Å². The molecule has 0 N–H and O–H groups in total. The van der Waals surface area contributed by atoms with E-state index in [1.54, 1.807) is 37.3 Å². The normalized spacial score (nSPS) is 10.1. The first-order valence-electron chi connectivity index (χ1n) is 4.44. The number of nitro benzene ring substituents is 1. The van der Waals surface area contributed by atoms with E-state index in [9.17, 15) is 10.1 Å². The van der Waals surface area contributed by atoms with Crippen molar-refractivity contribution in [3.8, 4) is 6.07 Å². The van der Waals surface area contributed by atoms with Gasteiger partial charge >= 0.3 is 0 Å². The van der Waals surface area contributed by atoms with Crippen molar-refractivity contribution in [2.24, 2.45) is 0 Å². The number of para-hydroxylation sites is 1. The number of rotatable bonds is 3. The van der Waals surface area contributed by atoms with E-state index in [1.165, 1.54) is 0 Å². The highest BCUT2D eigenvalue weighted by Crippen LogP contribution is 2.24. The van der Waals surface area contributed by atoms with Crippen LogP contribution in [0.5, 0.6) is 0 Å². The summed E-state index contributed by atoms with van der Waals surface area (Å²) in [4.78, 5) is 10.4. The second kappa shape index (κ2) is 4.91. The number of benzene rings is 1. The topological polar surface area (TPSA) is 66.9 Å². The van der Waals surface area contributed by atoms with Crippen LogP contribution < -0.4 is 0 Å². The van der Waals surface area contributed by atoms with Crippen molar-refractivity contribution >= 4 is 11.8 Å². The van der Waals surface area contributed by atoms with Gasteiger partial charge in [-0.3, -0.25) is 10.1 Å². The minimum atomic E-state index is -0.401. The molecule has 0 fully saturated rings. The molecule has 0 aliphatic rings. The molecule has 0 unspecified atom stereocenters. The Morgan fingerprint density at radius 2 is 2.33 bits per heavy atom. The average Bonchev–Trinajstić information content (AvgIpc) is 2.17. The van der Waals surface area contributed by atoms with Crippen LogP contribution in [0, 0.1) is 28.4 Å². The molecule has 1 aromatic rings. The standard InChI is InChI=1S/C11H10N2O2/c1-9-5-4-7-10(6-2-3-8-12)11(9)13(14)15/h2,4-7H,3H2,1H3. The minimum Gasteiger partial charge on any atom is -0.258 e. The van der Waals surface area contributed by atoms with Gasteiger partial charge in [-0.25, -0.2) is 0 Å². The first-order valence-corrected chi connectivity index (χ1v) is 4.44. The largest absolute Gasteiger partial charge is 0.279 e. The summed E-state index contributed by atoms with van der Waals surface area (Å²) >= 11 is 0. The molecule has 0 radical (unpaired) electrons. The quantitative estimate of drug-likeness (QED) is 0.559. The third kappa shape index (κ3) is 2.64. The van der Waals surface area contributed by atoms with Gasteiger partial charge in [0.1, 0.15) is 0 Å². The molecule has 0 amide bonds. The highest BCUT2D eigenvalue weighted by atomic mass is 16.6. The van der Waals surface area contributed by atoms with Crippen LogP contribution in [0.1, 0.15) is 17.5 Å². The molecule has 0 spiro atoms. The maximum absolute atomic E-state index is 10.8. The fourth-order valence-electron chi connectivity index (χ4n) is 1.30. The van der Waals surface area contributed by atoms with Crippen LogP contribution in [0.15, 0.2) is 24.3 Å². The Morgan fingerprint density at radius 3 is 2.93 bits per heavy atom. The van der Waals surface area contributed by atoms with Gasteiger partial charge in [0, 0.05) is 5.56 Å². The smallest absolute Gasteiger partial charge is 0.258 e. The van der Waals surface area contributed by atoms with Gasteiger partial charge in [-0.2, -0.15) is 5.26 Å². The predicted octanol–water partition coefficient (Wildman–Crippen LogP) is 2.83. The lowest BCUT2D eigenvalue weighted by Gasteiger charge is -1.99. The van der Waals surface area contributed by atoms with E-state index >= 15 is 0 Å². The third-order valence-corrected chi connectivity index (χ3v) is 1.96. The predicted molar refractivity (Wildman–Crippen MR) is 57.1 cm³/mol. The summed E-state index contributed by atoms with van der Waals surface area (Å²) in [6.07, 6.45) is 3.47. The Kier molecular flexibility index (Phi) is 3.58. The zero-order chi connectivity index (χ0) is 11.3. The molecule has 4 nitrogen and oxygen atoms in total. The van der Waals surface area contributed by atoms with Crippen LogP contribution in [0.25, 0.3) is 6.08 Å². The second-order valence-electron chi connectivity index (χ2n) is 3.03. The monoisotopic (exact) mass is 202 g/mol.